The molecule has 0 aliphatic carbocycles. The van der Waals surface area contributed by atoms with E-state index < -0.39 is 0 Å². The van der Waals surface area contributed by atoms with Gasteiger partial charge in [0.15, 0.2) is 17.5 Å². The van der Waals surface area contributed by atoms with Crippen molar-refractivity contribution in [2.24, 2.45) is 0 Å². The average Bonchev–Trinajstić information content (AvgIpc) is 3.06. The summed E-state index contributed by atoms with van der Waals surface area (Å²) in [4.78, 5) is 2.21. The Kier molecular flexibility index (Phi) is 3.94. The molecule has 0 unspecified atom stereocenters. The van der Waals surface area contributed by atoms with Gasteiger partial charge in [-0.05, 0) is 18.6 Å². The molecule has 3 heterocycles. The number of fused-ring (bicyclic) bond motifs is 1. The molecule has 0 saturated carbocycles. The lowest BCUT2D eigenvalue weighted by Gasteiger charge is -2.28. The fraction of sp³-hybridized carbons (Fsp3) is 0.333. The Labute approximate surface area is 141 Å². The summed E-state index contributed by atoms with van der Waals surface area (Å²) in [5.41, 5.74) is 2.15. The average molecular weight is 320 g/mol. The van der Waals surface area contributed by atoms with Crippen molar-refractivity contribution < 1.29 is 0 Å². The smallest absolute Gasteiger partial charge is 0.164 e. The number of aromatic nitrogens is 5. The quantitative estimate of drug-likeness (QED) is 0.740. The Balaban J connectivity index is 1.55. The van der Waals surface area contributed by atoms with Crippen LogP contribution in [0.25, 0.3) is 11.4 Å². The van der Waals surface area contributed by atoms with E-state index in [4.69, 9.17) is 0 Å². The number of benzene rings is 1. The minimum atomic E-state index is 0.710. The van der Waals surface area contributed by atoms with Crippen molar-refractivity contribution in [1.29, 1.82) is 0 Å². The topological polar surface area (TPSA) is 59.7 Å². The summed E-state index contributed by atoms with van der Waals surface area (Å²) in [5.74, 6) is 2.82. The number of nitrogens with zero attached hydrogens (tertiary/aromatic N) is 6. The van der Waals surface area contributed by atoms with Crippen LogP contribution in [0.1, 0.15) is 24.9 Å². The van der Waals surface area contributed by atoms with Crippen LogP contribution in [0.15, 0.2) is 42.5 Å². The first-order valence-corrected chi connectivity index (χ1v) is 8.40. The van der Waals surface area contributed by atoms with Gasteiger partial charge in [-0.2, -0.15) is 5.10 Å². The van der Waals surface area contributed by atoms with Gasteiger partial charge in [0.25, 0.3) is 0 Å². The lowest BCUT2D eigenvalue weighted by Crippen LogP contribution is -2.34. The van der Waals surface area contributed by atoms with Gasteiger partial charge in [-0.1, -0.05) is 43.7 Å². The van der Waals surface area contributed by atoms with Gasteiger partial charge in [-0.25, -0.2) is 0 Å². The lowest BCUT2D eigenvalue weighted by atomic mass is 10.2. The molecule has 0 radical (unpaired) electrons. The highest BCUT2D eigenvalue weighted by Crippen LogP contribution is 2.23. The van der Waals surface area contributed by atoms with E-state index in [0.29, 0.717) is 6.54 Å². The van der Waals surface area contributed by atoms with Gasteiger partial charge < -0.3 is 9.47 Å². The zero-order chi connectivity index (χ0) is 16.4. The molecule has 24 heavy (non-hydrogen) atoms. The highest BCUT2D eigenvalue weighted by molar-refractivity contribution is 5.55. The molecular weight excluding hydrogens is 300 g/mol. The van der Waals surface area contributed by atoms with Crippen molar-refractivity contribution >= 4 is 5.82 Å². The van der Waals surface area contributed by atoms with E-state index >= 15 is 0 Å². The first kappa shape index (κ1) is 14.8. The second-order valence-corrected chi connectivity index (χ2v) is 6.01. The van der Waals surface area contributed by atoms with E-state index in [2.05, 4.69) is 61.1 Å². The second-order valence-electron chi connectivity index (χ2n) is 6.01. The highest BCUT2D eigenvalue weighted by Gasteiger charge is 2.22. The van der Waals surface area contributed by atoms with Crippen LogP contribution in [0.3, 0.4) is 0 Å². The Morgan fingerprint density at radius 3 is 2.54 bits per heavy atom. The molecule has 2 aromatic heterocycles. The predicted molar refractivity (Wildman–Crippen MR) is 92.5 cm³/mol. The van der Waals surface area contributed by atoms with E-state index in [1.54, 1.807) is 0 Å². The number of hydrogen-bond acceptors (Lipinski definition) is 5. The molecule has 4 rings (SSSR count). The van der Waals surface area contributed by atoms with Gasteiger partial charge in [-0.15, -0.1) is 15.3 Å². The van der Waals surface area contributed by atoms with Crippen molar-refractivity contribution in [2.45, 2.75) is 32.9 Å². The van der Waals surface area contributed by atoms with E-state index in [0.717, 1.165) is 54.7 Å². The molecule has 0 spiro atoms. The van der Waals surface area contributed by atoms with E-state index in [1.807, 2.05) is 18.2 Å². The third-order valence-corrected chi connectivity index (χ3v) is 4.32. The minimum Gasteiger partial charge on any atom is -0.346 e. The maximum atomic E-state index is 4.38. The van der Waals surface area contributed by atoms with Crippen LogP contribution in [-0.2, 0) is 19.5 Å². The Hall–Kier alpha value is -2.76. The Morgan fingerprint density at radius 1 is 0.917 bits per heavy atom. The lowest BCUT2D eigenvalue weighted by molar-refractivity contribution is 0.557. The summed E-state index contributed by atoms with van der Waals surface area (Å²) in [7, 11) is 0. The van der Waals surface area contributed by atoms with E-state index in [-0.39, 0.29) is 0 Å². The van der Waals surface area contributed by atoms with Crippen LogP contribution in [0.5, 0.6) is 0 Å². The van der Waals surface area contributed by atoms with E-state index in [1.165, 1.54) is 0 Å². The van der Waals surface area contributed by atoms with Gasteiger partial charge in [0.2, 0.25) is 0 Å². The maximum absolute atomic E-state index is 4.38. The van der Waals surface area contributed by atoms with Crippen LogP contribution in [0.2, 0.25) is 0 Å². The number of anilines is 1. The molecule has 6 heteroatoms. The van der Waals surface area contributed by atoms with Crippen molar-refractivity contribution in [3.63, 3.8) is 0 Å². The van der Waals surface area contributed by atoms with Gasteiger partial charge in [0.05, 0.1) is 12.2 Å². The summed E-state index contributed by atoms with van der Waals surface area (Å²) in [6.45, 7) is 4.59. The van der Waals surface area contributed by atoms with Gasteiger partial charge in [-0.3, -0.25) is 0 Å². The number of hydrogen-bond donors (Lipinski definition) is 0. The molecule has 1 aromatic carbocycles. The fourth-order valence-electron chi connectivity index (χ4n) is 3.07. The monoisotopic (exact) mass is 320 g/mol. The van der Waals surface area contributed by atoms with Crippen LogP contribution >= 0.6 is 0 Å². The third-order valence-electron chi connectivity index (χ3n) is 4.32. The summed E-state index contributed by atoms with van der Waals surface area (Å²) >= 11 is 0. The molecule has 122 valence electrons. The largest absolute Gasteiger partial charge is 0.346 e. The maximum Gasteiger partial charge on any atom is 0.164 e. The van der Waals surface area contributed by atoms with E-state index in [9.17, 15) is 0 Å². The SMILES string of the molecule is CCCc1ccc(N2CCn3c(nnc3-c3ccccc3)C2)nn1. The molecule has 0 N–H and O–H groups in total. The van der Waals surface area contributed by atoms with Crippen molar-refractivity contribution in [3.05, 3.63) is 54.0 Å². The summed E-state index contributed by atoms with van der Waals surface area (Å²) in [6.07, 6.45) is 2.06. The molecule has 0 atom stereocenters. The zero-order valence-corrected chi connectivity index (χ0v) is 13.8. The molecule has 0 bridgehead atoms. The summed E-state index contributed by atoms with van der Waals surface area (Å²) < 4.78 is 2.20. The standard InChI is InChI=1S/C18H20N6/c1-2-6-15-9-10-16(20-19-15)23-11-12-24-17(13-23)21-22-18(24)14-7-4-3-5-8-14/h3-5,7-10H,2,6,11-13H2,1H3. The molecule has 1 aliphatic rings. The normalized spacial score (nSPS) is 13.8. The zero-order valence-electron chi connectivity index (χ0n) is 13.8. The minimum absolute atomic E-state index is 0.710. The molecule has 1 aliphatic heterocycles. The first-order valence-electron chi connectivity index (χ1n) is 8.40. The summed E-state index contributed by atoms with van der Waals surface area (Å²) in [6, 6.07) is 14.3. The van der Waals surface area contributed by atoms with Gasteiger partial charge in [0, 0.05) is 18.7 Å². The van der Waals surface area contributed by atoms with Crippen molar-refractivity contribution in [1.82, 2.24) is 25.0 Å². The van der Waals surface area contributed by atoms with Crippen LogP contribution in [0, 0.1) is 0 Å². The molecule has 6 nitrogen and oxygen atoms in total. The highest BCUT2D eigenvalue weighted by atomic mass is 15.4. The Bertz CT molecular complexity index is 809. The molecule has 0 saturated heterocycles. The van der Waals surface area contributed by atoms with Gasteiger partial charge >= 0.3 is 0 Å². The Morgan fingerprint density at radius 2 is 1.79 bits per heavy atom. The third kappa shape index (κ3) is 2.75. The first-order chi connectivity index (χ1) is 11.8. The molecular formula is C18H20N6. The molecule has 3 aromatic rings. The fourth-order valence-corrected chi connectivity index (χ4v) is 3.07. The summed E-state index contributed by atoms with van der Waals surface area (Å²) in [5, 5.41) is 17.5. The van der Waals surface area contributed by atoms with Crippen LogP contribution in [0.4, 0.5) is 5.82 Å². The van der Waals surface area contributed by atoms with Gasteiger partial charge in [0.1, 0.15) is 0 Å². The van der Waals surface area contributed by atoms with Crippen LogP contribution in [-0.4, -0.2) is 31.5 Å². The molecule has 0 fully saturated rings. The van der Waals surface area contributed by atoms with Crippen molar-refractivity contribution in [2.75, 3.05) is 11.4 Å². The number of rotatable bonds is 4. The van der Waals surface area contributed by atoms with Crippen LogP contribution < -0.4 is 4.90 Å². The predicted octanol–water partition coefficient (Wildman–Crippen LogP) is 2.71. The second kappa shape index (κ2) is 6.39. The number of aryl methyl sites for hydroxylation is 1. The molecule has 0 amide bonds. The van der Waals surface area contributed by atoms with Crippen molar-refractivity contribution in [3.8, 4) is 11.4 Å².